The second-order valence-corrected chi connectivity index (χ2v) is 7.34. The lowest BCUT2D eigenvalue weighted by Crippen LogP contribution is -2.31. The Morgan fingerprint density at radius 1 is 1.21 bits per heavy atom. The van der Waals surface area contributed by atoms with Crippen LogP contribution in [-0.2, 0) is 4.79 Å². The highest BCUT2D eigenvalue weighted by atomic mass is 32.2. The summed E-state index contributed by atoms with van der Waals surface area (Å²) in [6.45, 7) is 0.771. The summed E-state index contributed by atoms with van der Waals surface area (Å²) in [7, 11) is 1.62. The summed E-state index contributed by atoms with van der Waals surface area (Å²) in [4.78, 5) is 18.7. The van der Waals surface area contributed by atoms with Crippen molar-refractivity contribution in [3.8, 4) is 17.2 Å². The summed E-state index contributed by atoms with van der Waals surface area (Å²) in [5.41, 5.74) is 1.94. The SMILES string of the molecule is COc1ccc(-c2nnc(SCC(=O)N3CCC[C@@H]3c3ccncc3)o2)cc1. The second-order valence-electron chi connectivity index (χ2n) is 6.42. The van der Waals surface area contributed by atoms with E-state index in [2.05, 4.69) is 15.2 Å². The number of likely N-dealkylation sites (tertiary alicyclic amines) is 1. The molecule has 1 amide bonds. The van der Waals surface area contributed by atoms with Gasteiger partial charge in [-0.1, -0.05) is 11.8 Å². The van der Waals surface area contributed by atoms with Crippen molar-refractivity contribution >= 4 is 17.7 Å². The van der Waals surface area contributed by atoms with E-state index < -0.39 is 0 Å². The Labute approximate surface area is 167 Å². The van der Waals surface area contributed by atoms with E-state index in [0.717, 1.165) is 36.3 Å². The first-order valence-corrected chi connectivity index (χ1v) is 10.0. The molecule has 0 spiro atoms. The van der Waals surface area contributed by atoms with E-state index >= 15 is 0 Å². The number of hydrogen-bond donors (Lipinski definition) is 0. The maximum atomic E-state index is 12.7. The van der Waals surface area contributed by atoms with Crippen molar-refractivity contribution in [2.24, 2.45) is 0 Å². The van der Waals surface area contributed by atoms with Crippen molar-refractivity contribution in [2.45, 2.75) is 24.1 Å². The van der Waals surface area contributed by atoms with Crippen molar-refractivity contribution in [3.05, 3.63) is 54.4 Å². The number of carbonyl (C=O) groups excluding carboxylic acids is 1. The van der Waals surface area contributed by atoms with Gasteiger partial charge in [0, 0.05) is 24.5 Å². The normalized spacial score (nSPS) is 16.3. The molecular formula is C20H20N4O3S. The van der Waals surface area contributed by atoms with E-state index in [1.54, 1.807) is 19.5 Å². The van der Waals surface area contributed by atoms with Crippen molar-refractivity contribution in [3.63, 3.8) is 0 Å². The molecule has 7 nitrogen and oxygen atoms in total. The largest absolute Gasteiger partial charge is 0.497 e. The Morgan fingerprint density at radius 3 is 2.75 bits per heavy atom. The molecule has 1 saturated heterocycles. The number of aromatic nitrogens is 3. The first-order chi connectivity index (χ1) is 13.7. The van der Waals surface area contributed by atoms with Gasteiger partial charge in [-0.2, -0.15) is 0 Å². The fourth-order valence-electron chi connectivity index (χ4n) is 3.32. The summed E-state index contributed by atoms with van der Waals surface area (Å²) in [6.07, 6.45) is 5.52. The molecule has 0 bridgehead atoms. The van der Waals surface area contributed by atoms with Crippen LogP contribution in [0.3, 0.4) is 0 Å². The first kappa shape index (κ1) is 18.5. The highest BCUT2D eigenvalue weighted by Crippen LogP contribution is 2.33. The molecule has 8 heteroatoms. The molecule has 1 aromatic carbocycles. The summed E-state index contributed by atoms with van der Waals surface area (Å²) in [5, 5.41) is 8.50. The summed E-state index contributed by atoms with van der Waals surface area (Å²) < 4.78 is 10.8. The average molecular weight is 396 g/mol. The molecule has 0 N–H and O–H groups in total. The maximum absolute atomic E-state index is 12.7. The number of amides is 1. The van der Waals surface area contributed by atoms with Gasteiger partial charge in [0.05, 0.1) is 18.9 Å². The lowest BCUT2D eigenvalue weighted by atomic mass is 10.1. The Kier molecular flexibility index (Phi) is 5.57. The number of pyridine rings is 1. The van der Waals surface area contributed by atoms with Crippen LogP contribution in [0.25, 0.3) is 11.5 Å². The van der Waals surface area contributed by atoms with E-state index in [1.807, 2.05) is 41.3 Å². The Morgan fingerprint density at radius 2 is 2.00 bits per heavy atom. The zero-order valence-corrected chi connectivity index (χ0v) is 16.3. The molecule has 3 heterocycles. The lowest BCUT2D eigenvalue weighted by molar-refractivity contribution is -0.129. The van der Waals surface area contributed by atoms with Crippen LogP contribution in [0.5, 0.6) is 5.75 Å². The number of carbonyl (C=O) groups is 1. The standard InChI is InChI=1S/C20H20N4O3S/c1-26-16-6-4-15(5-7-16)19-22-23-20(27-19)28-13-18(25)24-12-2-3-17(24)14-8-10-21-11-9-14/h4-11,17H,2-3,12-13H2,1H3/t17-/m1/s1. The van der Waals surface area contributed by atoms with Crippen LogP contribution in [0.2, 0.25) is 0 Å². The van der Waals surface area contributed by atoms with Crippen LogP contribution in [0.1, 0.15) is 24.4 Å². The van der Waals surface area contributed by atoms with Crippen LogP contribution in [-0.4, -0.2) is 45.4 Å². The van der Waals surface area contributed by atoms with E-state index in [0.29, 0.717) is 11.1 Å². The van der Waals surface area contributed by atoms with E-state index in [4.69, 9.17) is 9.15 Å². The number of hydrogen-bond acceptors (Lipinski definition) is 7. The highest BCUT2D eigenvalue weighted by molar-refractivity contribution is 7.99. The topological polar surface area (TPSA) is 81.4 Å². The smallest absolute Gasteiger partial charge is 0.277 e. The van der Waals surface area contributed by atoms with Gasteiger partial charge in [-0.25, -0.2) is 0 Å². The van der Waals surface area contributed by atoms with Gasteiger partial charge in [0.15, 0.2) is 0 Å². The van der Waals surface area contributed by atoms with E-state index in [1.165, 1.54) is 11.8 Å². The quantitative estimate of drug-likeness (QED) is 0.589. The van der Waals surface area contributed by atoms with Crippen LogP contribution in [0.4, 0.5) is 0 Å². The van der Waals surface area contributed by atoms with Crippen LogP contribution < -0.4 is 4.74 Å². The average Bonchev–Trinajstić information content (AvgIpc) is 3.43. The monoisotopic (exact) mass is 396 g/mol. The van der Waals surface area contributed by atoms with Gasteiger partial charge in [-0.3, -0.25) is 9.78 Å². The fraction of sp³-hybridized carbons (Fsp3) is 0.300. The lowest BCUT2D eigenvalue weighted by Gasteiger charge is -2.24. The third-order valence-electron chi connectivity index (χ3n) is 4.73. The molecule has 0 radical (unpaired) electrons. The molecule has 4 rings (SSSR count). The number of nitrogens with zero attached hydrogens (tertiary/aromatic N) is 4. The summed E-state index contributed by atoms with van der Waals surface area (Å²) >= 11 is 1.27. The minimum atomic E-state index is 0.0773. The van der Waals surface area contributed by atoms with Crippen LogP contribution in [0.15, 0.2) is 58.4 Å². The number of ether oxygens (including phenoxy) is 1. The van der Waals surface area contributed by atoms with Crippen LogP contribution >= 0.6 is 11.8 Å². The Bertz CT molecular complexity index is 930. The zero-order chi connectivity index (χ0) is 19.3. The van der Waals surface area contributed by atoms with Gasteiger partial charge in [0.25, 0.3) is 5.22 Å². The van der Waals surface area contributed by atoms with E-state index in [9.17, 15) is 4.79 Å². The molecule has 0 aliphatic carbocycles. The van der Waals surface area contributed by atoms with Gasteiger partial charge < -0.3 is 14.1 Å². The molecular weight excluding hydrogens is 376 g/mol. The third-order valence-corrected chi connectivity index (χ3v) is 5.53. The molecule has 3 aromatic rings. The van der Waals surface area contributed by atoms with E-state index in [-0.39, 0.29) is 17.7 Å². The van der Waals surface area contributed by atoms with Crippen LogP contribution in [0, 0.1) is 0 Å². The van der Waals surface area contributed by atoms with Crippen molar-refractivity contribution in [1.82, 2.24) is 20.1 Å². The predicted molar refractivity (Wildman–Crippen MR) is 105 cm³/mol. The second kappa shape index (κ2) is 8.43. The molecule has 144 valence electrons. The van der Waals surface area contributed by atoms with Gasteiger partial charge in [-0.15, -0.1) is 10.2 Å². The number of rotatable bonds is 6. The molecule has 0 unspecified atom stereocenters. The molecule has 1 atom stereocenters. The molecule has 1 aliphatic heterocycles. The van der Waals surface area contributed by atoms with Gasteiger partial charge >= 0.3 is 0 Å². The predicted octanol–water partition coefficient (Wildman–Crippen LogP) is 3.60. The van der Waals surface area contributed by atoms with Gasteiger partial charge in [0.2, 0.25) is 11.8 Å². The molecule has 1 fully saturated rings. The van der Waals surface area contributed by atoms with Crippen molar-refractivity contribution in [1.29, 1.82) is 0 Å². The third kappa shape index (κ3) is 4.01. The number of methoxy groups -OCH3 is 1. The Hall–Kier alpha value is -2.87. The number of thioether (sulfide) groups is 1. The summed E-state index contributed by atoms with van der Waals surface area (Å²) in [6, 6.07) is 11.5. The van der Waals surface area contributed by atoms with Gasteiger partial charge in [-0.05, 0) is 54.8 Å². The minimum Gasteiger partial charge on any atom is -0.497 e. The van der Waals surface area contributed by atoms with Crippen molar-refractivity contribution < 1.29 is 13.9 Å². The molecule has 2 aromatic heterocycles. The maximum Gasteiger partial charge on any atom is 0.277 e. The Balaban J connectivity index is 1.38. The molecule has 0 saturated carbocycles. The fourth-order valence-corrected chi connectivity index (χ4v) is 3.97. The molecule has 1 aliphatic rings. The zero-order valence-electron chi connectivity index (χ0n) is 15.4. The highest BCUT2D eigenvalue weighted by Gasteiger charge is 2.30. The number of benzene rings is 1. The van der Waals surface area contributed by atoms with Crippen molar-refractivity contribution in [2.75, 3.05) is 19.4 Å². The molecule has 28 heavy (non-hydrogen) atoms. The summed E-state index contributed by atoms with van der Waals surface area (Å²) in [5.74, 6) is 1.53. The first-order valence-electron chi connectivity index (χ1n) is 9.05. The van der Waals surface area contributed by atoms with Gasteiger partial charge in [0.1, 0.15) is 5.75 Å². The minimum absolute atomic E-state index is 0.0773.